The fourth-order valence-corrected chi connectivity index (χ4v) is 2.26. The summed E-state index contributed by atoms with van der Waals surface area (Å²) in [6.45, 7) is 6.43. The van der Waals surface area contributed by atoms with Gasteiger partial charge in [0.1, 0.15) is 5.69 Å². The monoisotopic (exact) mass is 263 g/mol. The molecule has 0 aliphatic carbocycles. The molecule has 0 amide bonds. The van der Waals surface area contributed by atoms with Crippen molar-refractivity contribution < 1.29 is 4.52 Å². The maximum Gasteiger partial charge on any atom is 0.231 e. The molecule has 2 atom stereocenters. The first-order chi connectivity index (χ1) is 9.02. The molecule has 2 aromatic heterocycles. The molecule has 0 radical (unpaired) electrons. The van der Waals surface area contributed by atoms with E-state index in [1.54, 1.807) is 4.68 Å². The minimum absolute atomic E-state index is 0.190. The van der Waals surface area contributed by atoms with Crippen LogP contribution in [0.4, 0.5) is 0 Å². The Balaban J connectivity index is 2.28. The van der Waals surface area contributed by atoms with Gasteiger partial charge in [0.15, 0.2) is 0 Å². The van der Waals surface area contributed by atoms with Gasteiger partial charge in [-0.25, -0.2) is 0 Å². The molecule has 1 N–H and O–H groups in total. The van der Waals surface area contributed by atoms with E-state index in [0.29, 0.717) is 17.6 Å². The molecular formula is C13H21N5O. The zero-order valence-electron chi connectivity index (χ0n) is 12.1. The highest BCUT2D eigenvalue weighted by atomic mass is 16.5. The highest BCUT2D eigenvalue weighted by molar-refractivity contribution is 5.46. The lowest BCUT2D eigenvalue weighted by Gasteiger charge is -2.23. The lowest BCUT2D eigenvalue weighted by molar-refractivity contribution is 0.286. The Labute approximate surface area is 113 Å². The summed E-state index contributed by atoms with van der Waals surface area (Å²) < 4.78 is 7.15. The van der Waals surface area contributed by atoms with Crippen molar-refractivity contribution in [2.75, 3.05) is 7.05 Å². The predicted octanol–water partition coefficient (Wildman–Crippen LogP) is 1.82. The van der Waals surface area contributed by atoms with Gasteiger partial charge in [-0.3, -0.25) is 4.68 Å². The Kier molecular flexibility index (Phi) is 3.99. The fourth-order valence-electron chi connectivity index (χ4n) is 2.26. The molecule has 0 fully saturated rings. The normalized spacial score (nSPS) is 14.8. The molecule has 104 valence electrons. The lowest BCUT2D eigenvalue weighted by Crippen LogP contribution is -2.32. The number of aryl methyl sites for hydroxylation is 1. The van der Waals surface area contributed by atoms with Crippen LogP contribution in [0.3, 0.4) is 0 Å². The van der Waals surface area contributed by atoms with Crippen LogP contribution < -0.4 is 5.32 Å². The number of nitrogens with one attached hydrogen (secondary N) is 1. The molecule has 0 aromatic carbocycles. The van der Waals surface area contributed by atoms with E-state index in [9.17, 15) is 0 Å². The van der Waals surface area contributed by atoms with Crippen molar-refractivity contribution in [1.82, 2.24) is 25.2 Å². The van der Waals surface area contributed by atoms with Crippen molar-refractivity contribution in [2.45, 2.75) is 32.7 Å². The molecule has 2 heterocycles. The van der Waals surface area contributed by atoms with Crippen LogP contribution in [0, 0.1) is 5.92 Å². The fraction of sp³-hybridized carbons (Fsp3) is 0.615. The van der Waals surface area contributed by atoms with E-state index in [2.05, 4.69) is 41.3 Å². The van der Waals surface area contributed by atoms with Crippen LogP contribution in [0.25, 0.3) is 11.5 Å². The maximum absolute atomic E-state index is 5.42. The largest absolute Gasteiger partial charge is 0.339 e. The van der Waals surface area contributed by atoms with E-state index < -0.39 is 0 Å². The van der Waals surface area contributed by atoms with Gasteiger partial charge < -0.3 is 9.84 Å². The van der Waals surface area contributed by atoms with Crippen molar-refractivity contribution in [3.8, 4) is 11.5 Å². The minimum Gasteiger partial charge on any atom is -0.339 e. The van der Waals surface area contributed by atoms with Gasteiger partial charge in [0.05, 0.1) is 5.92 Å². The molecule has 6 nitrogen and oxygen atoms in total. The van der Waals surface area contributed by atoms with E-state index >= 15 is 0 Å². The van der Waals surface area contributed by atoms with Crippen LogP contribution in [0.2, 0.25) is 0 Å². The molecule has 0 bridgehead atoms. The molecular weight excluding hydrogens is 242 g/mol. The van der Waals surface area contributed by atoms with Gasteiger partial charge in [-0.05, 0) is 26.0 Å². The van der Waals surface area contributed by atoms with Gasteiger partial charge in [0, 0.05) is 19.3 Å². The molecule has 0 saturated carbocycles. The number of rotatable bonds is 5. The van der Waals surface area contributed by atoms with Gasteiger partial charge in [-0.1, -0.05) is 19.0 Å². The molecule has 6 heteroatoms. The second-order valence-electron chi connectivity index (χ2n) is 5.18. The van der Waals surface area contributed by atoms with Crippen LogP contribution in [-0.4, -0.2) is 33.0 Å². The third-order valence-electron chi connectivity index (χ3n) is 3.38. The molecule has 0 spiro atoms. The number of aromatic nitrogens is 4. The van der Waals surface area contributed by atoms with Gasteiger partial charge in [0.25, 0.3) is 0 Å². The van der Waals surface area contributed by atoms with Crippen molar-refractivity contribution in [2.24, 2.45) is 13.0 Å². The van der Waals surface area contributed by atoms with Crippen LogP contribution in [0.15, 0.2) is 16.8 Å². The number of likely N-dealkylation sites (N-methyl/N-ethyl adjacent to an activating group) is 1. The summed E-state index contributed by atoms with van der Waals surface area (Å²) in [5.41, 5.74) is 0.733. The topological polar surface area (TPSA) is 68.8 Å². The van der Waals surface area contributed by atoms with Crippen molar-refractivity contribution >= 4 is 0 Å². The average molecular weight is 263 g/mol. The second kappa shape index (κ2) is 5.52. The molecule has 2 aromatic rings. The van der Waals surface area contributed by atoms with E-state index in [-0.39, 0.29) is 12.0 Å². The number of hydrogen-bond donors (Lipinski definition) is 1. The second-order valence-corrected chi connectivity index (χ2v) is 5.18. The Bertz CT molecular complexity index is 531. The Morgan fingerprint density at radius 1 is 1.32 bits per heavy atom. The summed E-state index contributed by atoms with van der Waals surface area (Å²) in [5, 5.41) is 11.6. The first-order valence-corrected chi connectivity index (χ1v) is 6.53. The van der Waals surface area contributed by atoms with E-state index in [1.807, 2.05) is 26.4 Å². The Hall–Kier alpha value is -1.69. The molecule has 0 aliphatic rings. The standard InChI is InChI=1S/C13H21N5O/c1-8(2)11(9(3)14-4)13-15-12(17-19-13)10-6-7-18(5)16-10/h6-9,11,14H,1-5H3. The third kappa shape index (κ3) is 2.84. The highest BCUT2D eigenvalue weighted by Crippen LogP contribution is 2.27. The summed E-state index contributed by atoms with van der Waals surface area (Å²) in [6.07, 6.45) is 1.86. The third-order valence-corrected chi connectivity index (χ3v) is 3.38. The van der Waals surface area contributed by atoms with Crippen LogP contribution in [0.1, 0.15) is 32.6 Å². The van der Waals surface area contributed by atoms with E-state index in [4.69, 9.17) is 4.52 Å². The molecule has 0 aliphatic heterocycles. The lowest BCUT2D eigenvalue weighted by atomic mass is 9.89. The van der Waals surface area contributed by atoms with Crippen LogP contribution >= 0.6 is 0 Å². The molecule has 19 heavy (non-hydrogen) atoms. The minimum atomic E-state index is 0.190. The van der Waals surface area contributed by atoms with Crippen LogP contribution in [0.5, 0.6) is 0 Å². The first-order valence-electron chi connectivity index (χ1n) is 6.53. The maximum atomic E-state index is 5.42. The zero-order chi connectivity index (χ0) is 14.0. The summed E-state index contributed by atoms with van der Waals surface area (Å²) in [5.74, 6) is 1.82. The zero-order valence-corrected chi connectivity index (χ0v) is 12.1. The SMILES string of the molecule is CNC(C)C(c1nc(-c2ccn(C)n2)no1)C(C)C. The first kappa shape index (κ1) is 13.7. The van der Waals surface area contributed by atoms with E-state index in [1.165, 1.54) is 0 Å². The molecule has 2 rings (SSSR count). The predicted molar refractivity (Wildman–Crippen MR) is 72.6 cm³/mol. The summed E-state index contributed by atoms with van der Waals surface area (Å²) in [7, 11) is 3.81. The summed E-state index contributed by atoms with van der Waals surface area (Å²) in [6, 6.07) is 2.15. The van der Waals surface area contributed by atoms with Crippen molar-refractivity contribution in [3.63, 3.8) is 0 Å². The average Bonchev–Trinajstić information content (AvgIpc) is 2.97. The molecule has 0 saturated heterocycles. The summed E-state index contributed by atoms with van der Waals surface area (Å²) in [4.78, 5) is 4.49. The highest BCUT2D eigenvalue weighted by Gasteiger charge is 2.27. The quantitative estimate of drug-likeness (QED) is 0.891. The van der Waals surface area contributed by atoms with Crippen molar-refractivity contribution in [3.05, 3.63) is 18.2 Å². The smallest absolute Gasteiger partial charge is 0.231 e. The van der Waals surface area contributed by atoms with Gasteiger partial charge in [-0.2, -0.15) is 10.1 Å². The van der Waals surface area contributed by atoms with Gasteiger partial charge >= 0.3 is 0 Å². The van der Waals surface area contributed by atoms with Gasteiger partial charge in [0.2, 0.25) is 11.7 Å². The summed E-state index contributed by atoms with van der Waals surface area (Å²) >= 11 is 0. The van der Waals surface area contributed by atoms with Crippen molar-refractivity contribution in [1.29, 1.82) is 0 Å². The number of hydrogen-bond acceptors (Lipinski definition) is 5. The van der Waals surface area contributed by atoms with Crippen LogP contribution in [-0.2, 0) is 7.05 Å². The van der Waals surface area contributed by atoms with E-state index in [0.717, 1.165) is 5.69 Å². The number of nitrogens with zero attached hydrogens (tertiary/aromatic N) is 4. The molecule has 2 unspecified atom stereocenters. The Morgan fingerprint density at radius 3 is 2.58 bits per heavy atom. The van der Waals surface area contributed by atoms with Gasteiger partial charge in [-0.15, -0.1) is 0 Å². The Morgan fingerprint density at radius 2 is 2.05 bits per heavy atom.